The fourth-order valence-electron chi connectivity index (χ4n) is 2.34. The highest BCUT2D eigenvalue weighted by molar-refractivity contribution is 5.30. The molecule has 0 atom stereocenters. The quantitative estimate of drug-likeness (QED) is 0.724. The van der Waals surface area contributed by atoms with Crippen molar-refractivity contribution in [3.8, 4) is 0 Å². The molecule has 1 aromatic rings. The molecule has 6 nitrogen and oxygen atoms in total. The molecule has 0 amide bonds. The van der Waals surface area contributed by atoms with E-state index >= 15 is 0 Å². The van der Waals surface area contributed by atoms with Crippen LogP contribution < -0.4 is 16.2 Å². The molecule has 1 aromatic heterocycles. The zero-order chi connectivity index (χ0) is 14.2. The van der Waals surface area contributed by atoms with Crippen LogP contribution in [0, 0.1) is 0 Å². The molecular weight excluding hydrogens is 256 g/mol. The first-order valence-electron chi connectivity index (χ1n) is 7.43. The molecule has 2 N–H and O–H groups in total. The first kappa shape index (κ1) is 15.0. The maximum atomic E-state index is 12.0. The third kappa shape index (κ3) is 4.31. The van der Waals surface area contributed by atoms with Crippen LogP contribution >= 0.6 is 0 Å². The first-order valence-corrected chi connectivity index (χ1v) is 7.43. The highest BCUT2D eigenvalue weighted by Gasteiger charge is 2.12. The number of hydrogen-bond donors (Lipinski definition) is 2. The average Bonchev–Trinajstić information content (AvgIpc) is 2.48. The lowest BCUT2D eigenvalue weighted by molar-refractivity contribution is 0.0394. The van der Waals surface area contributed by atoms with Gasteiger partial charge in [0, 0.05) is 25.5 Å². The number of aromatic nitrogens is 2. The maximum absolute atomic E-state index is 12.0. The largest absolute Gasteiger partial charge is 0.376 e. The third-order valence-corrected chi connectivity index (χ3v) is 3.41. The number of rotatable bonds is 7. The van der Waals surface area contributed by atoms with Crippen molar-refractivity contribution in [1.82, 2.24) is 14.9 Å². The van der Waals surface area contributed by atoms with Crippen molar-refractivity contribution in [2.24, 2.45) is 0 Å². The van der Waals surface area contributed by atoms with Crippen molar-refractivity contribution in [1.29, 1.82) is 0 Å². The Morgan fingerprint density at radius 1 is 1.50 bits per heavy atom. The molecule has 0 aromatic carbocycles. The second kappa shape index (κ2) is 8.01. The van der Waals surface area contributed by atoms with E-state index in [0.29, 0.717) is 25.1 Å². The fourth-order valence-corrected chi connectivity index (χ4v) is 2.34. The van der Waals surface area contributed by atoms with E-state index in [1.807, 2.05) is 6.92 Å². The summed E-state index contributed by atoms with van der Waals surface area (Å²) in [6, 6.07) is 0. The summed E-state index contributed by atoms with van der Waals surface area (Å²) in [5.41, 5.74) is -0.0591. The minimum absolute atomic E-state index is 0.0591. The first-order chi connectivity index (χ1) is 9.81. The van der Waals surface area contributed by atoms with Crippen molar-refractivity contribution < 1.29 is 4.74 Å². The van der Waals surface area contributed by atoms with Crippen LogP contribution in [0.15, 0.2) is 17.2 Å². The van der Waals surface area contributed by atoms with Crippen molar-refractivity contribution >= 4 is 5.82 Å². The zero-order valence-corrected chi connectivity index (χ0v) is 12.1. The normalized spacial score (nSPS) is 16.2. The van der Waals surface area contributed by atoms with E-state index in [2.05, 4.69) is 15.6 Å². The fraction of sp³-hybridized carbons (Fsp3) is 0.714. The van der Waals surface area contributed by atoms with Gasteiger partial charge in [0.05, 0.1) is 12.7 Å². The lowest BCUT2D eigenvalue weighted by Gasteiger charge is -2.22. The molecule has 1 fully saturated rings. The summed E-state index contributed by atoms with van der Waals surface area (Å²) in [4.78, 5) is 16.1. The van der Waals surface area contributed by atoms with Crippen LogP contribution in [0.2, 0.25) is 0 Å². The summed E-state index contributed by atoms with van der Waals surface area (Å²) in [5.74, 6) is 0.412. The molecule has 2 rings (SSSR count). The Morgan fingerprint density at radius 2 is 2.30 bits per heavy atom. The average molecular weight is 280 g/mol. The van der Waals surface area contributed by atoms with E-state index in [1.54, 1.807) is 17.0 Å². The number of aryl methyl sites for hydroxylation is 1. The number of nitrogens with one attached hydrogen (secondary N) is 2. The molecule has 20 heavy (non-hydrogen) atoms. The summed E-state index contributed by atoms with van der Waals surface area (Å²) >= 11 is 0. The lowest BCUT2D eigenvalue weighted by atomic mass is 10.1. The topological polar surface area (TPSA) is 68.2 Å². The Kier molecular flexibility index (Phi) is 6.01. The monoisotopic (exact) mass is 280 g/mol. The van der Waals surface area contributed by atoms with E-state index in [0.717, 1.165) is 38.9 Å². The van der Waals surface area contributed by atoms with Crippen molar-refractivity contribution in [2.45, 2.75) is 38.8 Å². The van der Waals surface area contributed by atoms with Gasteiger partial charge < -0.3 is 19.9 Å². The van der Waals surface area contributed by atoms with Gasteiger partial charge in [-0.2, -0.15) is 0 Å². The second-order valence-electron chi connectivity index (χ2n) is 5.02. The number of anilines is 1. The van der Waals surface area contributed by atoms with Crippen LogP contribution in [0.5, 0.6) is 0 Å². The molecule has 1 aliphatic rings. The third-order valence-electron chi connectivity index (χ3n) is 3.41. The summed E-state index contributed by atoms with van der Waals surface area (Å²) < 4.78 is 7.47. The van der Waals surface area contributed by atoms with Crippen LogP contribution in [0.4, 0.5) is 5.82 Å². The van der Waals surface area contributed by atoms with Gasteiger partial charge in [-0.25, -0.2) is 4.98 Å². The summed E-state index contributed by atoms with van der Waals surface area (Å²) in [5, 5.41) is 6.37. The van der Waals surface area contributed by atoms with E-state index in [-0.39, 0.29) is 5.56 Å². The minimum atomic E-state index is -0.0591. The number of ether oxygens (including phenoxy) is 1. The van der Waals surface area contributed by atoms with Crippen molar-refractivity contribution in [3.05, 3.63) is 22.7 Å². The molecule has 0 radical (unpaired) electrons. The molecule has 0 unspecified atom stereocenters. The van der Waals surface area contributed by atoms with Gasteiger partial charge >= 0.3 is 0 Å². The van der Waals surface area contributed by atoms with Gasteiger partial charge in [0.15, 0.2) is 5.82 Å². The Balaban J connectivity index is 1.76. The molecule has 1 saturated heterocycles. The van der Waals surface area contributed by atoms with E-state index in [9.17, 15) is 4.79 Å². The predicted octanol–water partition coefficient (Wildman–Crippen LogP) is 0.834. The van der Waals surface area contributed by atoms with Crippen LogP contribution in [-0.4, -0.2) is 41.9 Å². The highest BCUT2D eigenvalue weighted by Crippen LogP contribution is 2.06. The molecule has 0 saturated carbocycles. The lowest BCUT2D eigenvalue weighted by Crippen LogP contribution is -2.33. The van der Waals surface area contributed by atoms with Gasteiger partial charge in [-0.3, -0.25) is 4.79 Å². The Morgan fingerprint density at radius 3 is 3.05 bits per heavy atom. The molecule has 0 aliphatic carbocycles. The molecule has 112 valence electrons. The van der Waals surface area contributed by atoms with Crippen LogP contribution in [0.25, 0.3) is 0 Å². The SMILES string of the molecule is CCCn1ccnc(NCCOC2CCNCC2)c1=O. The Hall–Kier alpha value is -1.40. The maximum Gasteiger partial charge on any atom is 0.293 e. The van der Waals surface area contributed by atoms with Gasteiger partial charge in [0.2, 0.25) is 0 Å². The molecule has 6 heteroatoms. The molecule has 2 heterocycles. The highest BCUT2D eigenvalue weighted by atomic mass is 16.5. The zero-order valence-electron chi connectivity index (χ0n) is 12.1. The number of nitrogens with zero attached hydrogens (tertiary/aromatic N) is 2. The standard InChI is InChI=1S/C14H24N4O2/c1-2-9-18-10-7-16-13(14(18)19)17-8-11-20-12-3-5-15-6-4-12/h7,10,12,15H,2-6,8-9,11H2,1H3,(H,16,17). The Labute approximate surface area is 119 Å². The van der Waals surface area contributed by atoms with E-state index in [1.165, 1.54) is 0 Å². The van der Waals surface area contributed by atoms with Crippen molar-refractivity contribution in [2.75, 3.05) is 31.6 Å². The molecular formula is C14H24N4O2. The number of hydrogen-bond acceptors (Lipinski definition) is 5. The Bertz CT molecular complexity index is 455. The van der Waals surface area contributed by atoms with E-state index < -0.39 is 0 Å². The number of piperidine rings is 1. The molecule has 1 aliphatic heterocycles. The predicted molar refractivity (Wildman–Crippen MR) is 79.1 cm³/mol. The minimum Gasteiger partial charge on any atom is -0.376 e. The smallest absolute Gasteiger partial charge is 0.293 e. The van der Waals surface area contributed by atoms with Crippen LogP contribution in [0.1, 0.15) is 26.2 Å². The second-order valence-corrected chi connectivity index (χ2v) is 5.02. The summed E-state index contributed by atoms with van der Waals surface area (Å²) in [7, 11) is 0. The van der Waals surface area contributed by atoms with Crippen molar-refractivity contribution in [3.63, 3.8) is 0 Å². The van der Waals surface area contributed by atoms with E-state index in [4.69, 9.17) is 4.74 Å². The summed E-state index contributed by atoms with van der Waals surface area (Å²) in [6.07, 6.45) is 6.79. The molecule has 0 spiro atoms. The molecule has 0 bridgehead atoms. The van der Waals surface area contributed by atoms with Gasteiger partial charge in [-0.1, -0.05) is 6.92 Å². The van der Waals surface area contributed by atoms with Gasteiger partial charge in [0.1, 0.15) is 0 Å². The van der Waals surface area contributed by atoms with Crippen LogP contribution in [-0.2, 0) is 11.3 Å². The van der Waals surface area contributed by atoms with Crippen LogP contribution in [0.3, 0.4) is 0 Å². The van der Waals surface area contributed by atoms with Gasteiger partial charge in [-0.15, -0.1) is 0 Å². The summed E-state index contributed by atoms with van der Waals surface area (Å²) in [6.45, 7) is 6.05. The van der Waals surface area contributed by atoms with Gasteiger partial charge in [-0.05, 0) is 32.4 Å². The van der Waals surface area contributed by atoms with Gasteiger partial charge in [0.25, 0.3) is 5.56 Å².